The average molecular weight is 546 g/mol. The zero-order valence-corrected chi connectivity index (χ0v) is 20.2. The van der Waals surface area contributed by atoms with E-state index in [0.29, 0.717) is 25.6 Å². The number of nitrogens with zero attached hydrogens (tertiary/aromatic N) is 4. The van der Waals surface area contributed by atoms with E-state index in [1.807, 2.05) is 47.3 Å². The number of allylic oxidation sites excluding steroid dienone is 2. The topological polar surface area (TPSA) is 91.6 Å². The molecule has 4 unspecified atom stereocenters. The maximum absolute atomic E-state index is 12.7. The number of aliphatic imine (C=N–C) groups is 1. The van der Waals surface area contributed by atoms with Crippen LogP contribution in [0.25, 0.3) is 5.69 Å². The van der Waals surface area contributed by atoms with Gasteiger partial charge in [0.1, 0.15) is 0 Å². The molecule has 9 heteroatoms. The van der Waals surface area contributed by atoms with Crippen LogP contribution in [0.2, 0.25) is 0 Å². The SMILES string of the molecule is CN=C(NCCN1C(=O)C2C3C=CC(C3)C2C1=O)NCc1ccn(-c2ccccc2)n1.I. The number of benzene rings is 1. The predicted octanol–water partition coefficient (Wildman–Crippen LogP) is 1.96. The van der Waals surface area contributed by atoms with Crippen LogP contribution in [-0.2, 0) is 16.1 Å². The second-order valence-corrected chi connectivity index (χ2v) is 8.27. The van der Waals surface area contributed by atoms with E-state index in [4.69, 9.17) is 0 Å². The summed E-state index contributed by atoms with van der Waals surface area (Å²) < 4.78 is 1.83. The predicted molar refractivity (Wildman–Crippen MR) is 132 cm³/mol. The number of carbonyl (C=O) groups excluding carboxylic acids is 2. The van der Waals surface area contributed by atoms with Gasteiger partial charge in [-0.15, -0.1) is 24.0 Å². The van der Waals surface area contributed by atoms with E-state index in [2.05, 4.69) is 32.9 Å². The van der Waals surface area contributed by atoms with Crippen molar-refractivity contribution in [3.05, 3.63) is 60.4 Å². The highest BCUT2D eigenvalue weighted by molar-refractivity contribution is 14.0. The number of imide groups is 1. The van der Waals surface area contributed by atoms with Gasteiger partial charge in [-0.1, -0.05) is 30.4 Å². The highest BCUT2D eigenvalue weighted by Crippen LogP contribution is 2.52. The fourth-order valence-corrected chi connectivity index (χ4v) is 5.05. The van der Waals surface area contributed by atoms with Crippen LogP contribution in [0.15, 0.2) is 59.7 Å². The Morgan fingerprint density at radius 3 is 2.41 bits per heavy atom. The van der Waals surface area contributed by atoms with Crippen molar-refractivity contribution in [2.75, 3.05) is 20.1 Å². The van der Waals surface area contributed by atoms with Crippen LogP contribution in [-0.4, -0.2) is 52.6 Å². The van der Waals surface area contributed by atoms with Crippen LogP contribution >= 0.6 is 24.0 Å². The molecule has 2 heterocycles. The minimum atomic E-state index is -0.139. The standard InChI is InChI=1S/C23H26N6O2.HI/c1-24-23(26-14-17-9-11-29(27-17)18-5-3-2-4-6-18)25-10-12-28-21(30)19-15-7-8-16(13-15)20(19)22(28)31;/h2-9,11,15-16,19-20H,10,12-14H2,1H3,(H2,24,25,26);1H. The molecular weight excluding hydrogens is 519 g/mol. The molecule has 1 aromatic carbocycles. The Labute approximate surface area is 204 Å². The molecule has 1 aromatic heterocycles. The number of hydrogen-bond donors (Lipinski definition) is 2. The highest BCUT2D eigenvalue weighted by atomic mass is 127. The zero-order valence-electron chi connectivity index (χ0n) is 17.8. The molecule has 2 N–H and O–H groups in total. The van der Waals surface area contributed by atoms with Crippen molar-refractivity contribution < 1.29 is 9.59 Å². The molecule has 8 nitrogen and oxygen atoms in total. The highest BCUT2D eigenvalue weighted by Gasteiger charge is 2.58. The molecule has 2 aliphatic carbocycles. The van der Waals surface area contributed by atoms with Crippen LogP contribution in [0.5, 0.6) is 0 Å². The lowest BCUT2D eigenvalue weighted by atomic mass is 9.85. The lowest BCUT2D eigenvalue weighted by Crippen LogP contribution is -2.43. The van der Waals surface area contributed by atoms with Gasteiger partial charge < -0.3 is 10.6 Å². The van der Waals surface area contributed by atoms with Gasteiger partial charge in [-0.05, 0) is 36.5 Å². The first-order valence-electron chi connectivity index (χ1n) is 10.7. The number of fused-ring (bicyclic) bond motifs is 5. The molecule has 1 aliphatic heterocycles. The van der Waals surface area contributed by atoms with Gasteiger partial charge in [0.2, 0.25) is 11.8 Å². The summed E-state index contributed by atoms with van der Waals surface area (Å²) in [4.78, 5) is 31.2. The number of likely N-dealkylation sites (tertiary alicyclic amines) is 1. The molecule has 5 rings (SSSR count). The Bertz CT molecular complexity index is 1020. The first-order chi connectivity index (χ1) is 15.2. The van der Waals surface area contributed by atoms with Crippen molar-refractivity contribution in [3.8, 4) is 5.69 Å². The molecule has 4 atom stereocenters. The summed E-state index contributed by atoms with van der Waals surface area (Å²) in [5.74, 6) is 0.796. The molecule has 168 valence electrons. The van der Waals surface area contributed by atoms with Crippen LogP contribution < -0.4 is 10.6 Å². The average Bonchev–Trinajstić information content (AvgIpc) is 3.57. The molecule has 3 aliphatic rings. The van der Waals surface area contributed by atoms with E-state index < -0.39 is 0 Å². The van der Waals surface area contributed by atoms with Crippen LogP contribution in [0.3, 0.4) is 0 Å². The molecule has 2 fully saturated rings. The van der Waals surface area contributed by atoms with Gasteiger partial charge >= 0.3 is 0 Å². The summed E-state index contributed by atoms with van der Waals surface area (Å²) in [5.41, 5.74) is 1.89. The monoisotopic (exact) mass is 546 g/mol. The van der Waals surface area contributed by atoms with E-state index in [1.54, 1.807) is 7.05 Å². The van der Waals surface area contributed by atoms with Gasteiger partial charge in [0, 0.05) is 26.3 Å². The van der Waals surface area contributed by atoms with E-state index in [-0.39, 0.29) is 59.5 Å². The molecule has 1 saturated carbocycles. The summed E-state index contributed by atoms with van der Waals surface area (Å²) in [6.07, 6.45) is 7.11. The van der Waals surface area contributed by atoms with E-state index in [9.17, 15) is 9.59 Å². The van der Waals surface area contributed by atoms with E-state index in [0.717, 1.165) is 17.8 Å². The van der Waals surface area contributed by atoms with Crippen LogP contribution in [0.1, 0.15) is 12.1 Å². The number of nitrogens with one attached hydrogen (secondary N) is 2. The molecule has 2 aromatic rings. The van der Waals surface area contributed by atoms with E-state index >= 15 is 0 Å². The van der Waals surface area contributed by atoms with Gasteiger partial charge in [-0.3, -0.25) is 19.5 Å². The quantitative estimate of drug-likeness (QED) is 0.190. The van der Waals surface area contributed by atoms with Crippen molar-refractivity contribution in [1.29, 1.82) is 0 Å². The minimum absolute atomic E-state index is 0. The summed E-state index contributed by atoms with van der Waals surface area (Å²) in [5, 5.41) is 11.0. The normalized spacial score (nSPS) is 25.8. The van der Waals surface area contributed by atoms with Gasteiger partial charge in [-0.25, -0.2) is 4.68 Å². The lowest BCUT2D eigenvalue weighted by Gasteiger charge is -2.18. The third kappa shape index (κ3) is 4.05. The molecule has 0 radical (unpaired) electrons. The molecule has 2 amide bonds. The number of rotatable bonds is 6. The fourth-order valence-electron chi connectivity index (χ4n) is 5.05. The Kier molecular flexibility index (Phi) is 6.63. The molecule has 0 spiro atoms. The van der Waals surface area contributed by atoms with Gasteiger partial charge in [0.05, 0.1) is 29.8 Å². The van der Waals surface area contributed by atoms with Crippen molar-refractivity contribution in [1.82, 2.24) is 25.3 Å². The zero-order chi connectivity index (χ0) is 21.4. The van der Waals surface area contributed by atoms with Gasteiger partial charge in [-0.2, -0.15) is 5.10 Å². The van der Waals surface area contributed by atoms with Crippen molar-refractivity contribution in [2.24, 2.45) is 28.7 Å². The first kappa shape index (κ1) is 22.5. The number of carbonyl (C=O) groups is 2. The number of halogens is 1. The van der Waals surface area contributed by atoms with E-state index in [1.165, 1.54) is 4.90 Å². The Hall–Kier alpha value is -2.69. The summed E-state index contributed by atoms with van der Waals surface area (Å²) in [6.45, 7) is 1.32. The summed E-state index contributed by atoms with van der Waals surface area (Å²) in [6, 6.07) is 11.9. The maximum Gasteiger partial charge on any atom is 0.233 e. The third-order valence-electron chi connectivity index (χ3n) is 6.52. The number of amides is 2. The maximum atomic E-state index is 12.7. The van der Waals surface area contributed by atoms with Crippen molar-refractivity contribution in [3.63, 3.8) is 0 Å². The number of para-hydroxylation sites is 1. The number of hydrogen-bond acceptors (Lipinski definition) is 4. The Morgan fingerprint density at radius 2 is 1.75 bits per heavy atom. The summed E-state index contributed by atoms with van der Waals surface area (Å²) in [7, 11) is 1.69. The fraction of sp³-hybridized carbons (Fsp3) is 0.391. The van der Waals surface area contributed by atoms with Gasteiger partial charge in [0.25, 0.3) is 0 Å². The smallest absolute Gasteiger partial charge is 0.233 e. The number of aromatic nitrogens is 2. The Balaban J connectivity index is 0.00000245. The van der Waals surface area contributed by atoms with Gasteiger partial charge in [0.15, 0.2) is 5.96 Å². The van der Waals surface area contributed by atoms with Crippen molar-refractivity contribution >= 4 is 41.8 Å². The molecular formula is C23H27IN6O2. The third-order valence-corrected chi connectivity index (χ3v) is 6.52. The van der Waals surface area contributed by atoms with Crippen LogP contribution in [0, 0.1) is 23.7 Å². The Morgan fingerprint density at radius 1 is 1.06 bits per heavy atom. The summed E-state index contributed by atoms with van der Waals surface area (Å²) >= 11 is 0. The second-order valence-electron chi connectivity index (χ2n) is 8.27. The molecule has 1 saturated heterocycles. The largest absolute Gasteiger partial charge is 0.355 e. The molecule has 2 bridgehead atoms. The minimum Gasteiger partial charge on any atom is -0.355 e. The number of guanidine groups is 1. The second kappa shape index (κ2) is 9.43. The first-order valence-corrected chi connectivity index (χ1v) is 10.7. The van der Waals surface area contributed by atoms with Crippen LogP contribution in [0.4, 0.5) is 0 Å². The van der Waals surface area contributed by atoms with Crippen molar-refractivity contribution in [2.45, 2.75) is 13.0 Å². The molecule has 32 heavy (non-hydrogen) atoms. The lowest BCUT2D eigenvalue weighted by molar-refractivity contribution is -0.140.